The number of nitrogen functional groups attached to an aromatic ring is 1. The number of hydrogen-bond acceptors (Lipinski definition) is 2. The zero-order valence-corrected chi connectivity index (χ0v) is 5.36. The number of rotatable bonds is 0. The molecule has 0 saturated carbocycles. The van der Waals surface area contributed by atoms with Gasteiger partial charge >= 0.3 is 0 Å². The van der Waals surface area contributed by atoms with E-state index in [0.717, 1.165) is 11.3 Å². The van der Waals surface area contributed by atoms with Gasteiger partial charge in [0.2, 0.25) is 0 Å². The first-order valence-electron chi connectivity index (χ1n) is 3.04. The molecule has 0 bridgehead atoms. The second-order valence-corrected chi connectivity index (χ2v) is 2.13. The zero-order valence-electron chi connectivity index (χ0n) is 5.36. The lowest BCUT2D eigenvalue weighted by Gasteiger charge is -1.93. The highest BCUT2D eigenvalue weighted by Crippen LogP contribution is 2.08. The maximum atomic E-state index is 5.61. The van der Waals surface area contributed by atoms with Crippen molar-refractivity contribution < 1.29 is 0 Å². The van der Waals surface area contributed by atoms with Gasteiger partial charge in [0.1, 0.15) is 5.82 Å². The zero-order chi connectivity index (χ0) is 6.97. The Hall–Kier alpha value is -1.51. The van der Waals surface area contributed by atoms with Gasteiger partial charge in [-0.2, -0.15) is 0 Å². The monoisotopic (exact) mass is 133 g/mol. The van der Waals surface area contributed by atoms with E-state index in [1.807, 2.05) is 22.7 Å². The summed E-state index contributed by atoms with van der Waals surface area (Å²) in [7, 11) is 0. The van der Waals surface area contributed by atoms with Crippen molar-refractivity contribution in [2.75, 3.05) is 5.73 Å². The van der Waals surface area contributed by atoms with Gasteiger partial charge in [0.25, 0.3) is 0 Å². The van der Waals surface area contributed by atoms with Gasteiger partial charge in [0.05, 0.1) is 11.7 Å². The highest BCUT2D eigenvalue weighted by Gasteiger charge is 1.93. The SMILES string of the molecule is Nc1ccc2cnccn12. The summed E-state index contributed by atoms with van der Waals surface area (Å²) in [5, 5.41) is 0. The Kier molecular flexibility index (Phi) is 0.917. The van der Waals surface area contributed by atoms with Crippen LogP contribution in [0.15, 0.2) is 30.7 Å². The first kappa shape index (κ1) is 5.29. The Morgan fingerprint density at radius 2 is 2.30 bits per heavy atom. The summed E-state index contributed by atoms with van der Waals surface area (Å²) in [6.45, 7) is 0. The average Bonchev–Trinajstić information content (AvgIpc) is 2.34. The highest BCUT2D eigenvalue weighted by atomic mass is 15.0. The van der Waals surface area contributed by atoms with E-state index in [2.05, 4.69) is 4.98 Å². The van der Waals surface area contributed by atoms with Crippen LogP contribution in [0.4, 0.5) is 5.82 Å². The fourth-order valence-corrected chi connectivity index (χ4v) is 0.982. The molecule has 0 radical (unpaired) electrons. The normalized spacial score (nSPS) is 10.4. The summed E-state index contributed by atoms with van der Waals surface area (Å²) >= 11 is 0. The van der Waals surface area contributed by atoms with Crippen molar-refractivity contribution in [3.05, 3.63) is 30.7 Å². The molecule has 2 rings (SSSR count). The predicted molar refractivity (Wildman–Crippen MR) is 39.6 cm³/mol. The van der Waals surface area contributed by atoms with Crippen LogP contribution in [0, 0.1) is 0 Å². The molecule has 0 aliphatic heterocycles. The third kappa shape index (κ3) is 0.572. The van der Waals surface area contributed by atoms with Crippen LogP contribution in [0.3, 0.4) is 0 Å². The lowest BCUT2D eigenvalue weighted by Crippen LogP contribution is -1.91. The molecule has 0 atom stereocenters. The Morgan fingerprint density at radius 1 is 1.40 bits per heavy atom. The molecule has 2 aromatic heterocycles. The van der Waals surface area contributed by atoms with Crippen LogP contribution in [0.25, 0.3) is 5.52 Å². The van der Waals surface area contributed by atoms with E-state index in [1.54, 1.807) is 12.4 Å². The molecule has 0 unspecified atom stereocenters. The highest BCUT2D eigenvalue weighted by molar-refractivity contribution is 5.54. The topological polar surface area (TPSA) is 43.3 Å². The largest absolute Gasteiger partial charge is 0.385 e. The van der Waals surface area contributed by atoms with Crippen molar-refractivity contribution in [1.29, 1.82) is 0 Å². The van der Waals surface area contributed by atoms with Crippen LogP contribution in [0.5, 0.6) is 0 Å². The molecule has 50 valence electrons. The molecule has 2 N–H and O–H groups in total. The molecule has 0 aliphatic carbocycles. The summed E-state index contributed by atoms with van der Waals surface area (Å²) in [5.74, 6) is 0.748. The summed E-state index contributed by atoms with van der Waals surface area (Å²) < 4.78 is 1.88. The van der Waals surface area contributed by atoms with Gasteiger partial charge in [-0.1, -0.05) is 0 Å². The molecular weight excluding hydrogens is 126 g/mol. The van der Waals surface area contributed by atoms with E-state index < -0.39 is 0 Å². The van der Waals surface area contributed by atoms with E-state index in [4.69, 9.17) is 5.73 Å². The van der Waals surface area contributed by atoms with Crippen LogP contribution < -0.4 is 5.73 Å². The number of nitrogens with two attached hydrogens (primary N) is 1. The Bertz CT molecular complexity index is 350. The lowest BCUT2D eigenvalue weighted by atomic mass is 10.5. The number of aromatic nitrogens is 2. The minimum Gasteiger partial charge on any atom is -0.385 e. The maximum absolute atomic E-state index is 5.61. The van der Waals surface area contributed by atoms with Crippen molar-refractivity contribution in [2.24, 2.45) is 0 Å². The molecule has 10 heavy (non-hydrogen) atoms. The van der Waals surface area contributed by atoms with E-state index in [-0.39, 0.29) is 0 Å². The van der Waals surface area contributed by atoms with Crippen molar-refractivity contribution in [1.82, 2.24) is 9.38 Å². The molecule has 2 heterocycles. The van der Waals surface area contributed by atoms with Crippen LogP contribution in [0.1, 0.15) is 0 Å². The number of nitrogens with zero attached hydrogens (tertiary/aromatic N) is 2. The smallest absolute Gasteiger partial charge is 0.107 e. The summed E-state index contributed by atoms with van der Waals surface area (Å²) in [6.07, 6.45) is 5.32. The van der Waals surface area contributed by atoms with Gasteiger partial charge in [-0.05, 0) is 12.1 Å². The van der Waals surface area contributed by atoms with Crippen molar-refractivity contribution in [2.45, 2.75) is 0 Å². The first-order chi connectivity index (χ1) is 4.88. The minimum atomic E-state index is 0.748. The Labute approximate surface area is 58.1 Å². The van der Waals surface area contributed by atoms with Gasteiger partial charge in [-0.25, -0.2) is 0 Å². The fraction of sp³-hybridized carbons (Fsp3) is 0. The first-order valence-corrected chi connectivity index (χ1v) is 3.04. The standard InChI is InChI=1S/C7H7N3/c8-7-2-1-6-5-9-3-4-10(6)7/h1-5H,8H2. The lowest BCUT2D eigenvalue weighted by molar-refractivity contribution is 1.15. The third-order valence-corrected chi connectivity index (χ3v) is 1.49. The van der Waals surface area contributed by atoms with Crippen LogP contribution in [-0.4, -0.2) is 9.38 Å². The molecule has 0 saturated heterocycles. The molecule has 2 aromatic rings. The number of fused-ring (bicyclic) bond motifs is 1. The quantitative estimate of drug-likeness (QED) is 0.580. The molecule has 3 heteroatoms. The van der Waals surface area contributed by atoms with E-state index in [1.165, 1.54) is 0 Å². The second kappa shape index (κ2) is 1.73. The second-order valence-electron chi connectivity index (χ2n) is 2.13. The molecule has 0 amide bonds. The van der Waals surface area contributed by atoms with E-state index in [0.29, 0.717) is 0 Å². The van der Waals surface area contributed by atoms with Crippen LogP contribution in [-0.2, 0) is 0 Å². The summed E-state index contributed by atoms with van der Waals surface area (Å²) in [4.78, 5) is 3.95. The van der Waals surface area contributed by atoms with E-state index >= 15 is 0 Å². The van der Waals surface area contributed by atoms with Gasteiger partial charge in [0.15, 0.2) is 0 Å². The Morgan fingerprint density at radius 3 is 3.10 bits per heavy atom. The van der Waals surface area contributed by atoms with Crippen LogP contribution in [0.2, 0.25) is 0 Å². The van der Waals surface area contributed by atoms with Crippen molar-refractivity contribution >= 4 is 11.3 Å². The van der Waals surface area contributed by atoms with Crippen LogP contribution >= 0.6 is 0 Å². The summed E-state index contributed by atoms with van der Waals surface area (Å²) in [5.41, 5.74) is 6.64. The predicted octanol–water partition coefficient (Wildman–Crippen LogP) is 0.916. The molecular formula is C7H7N3. The van der Waals surface area contributed by atoms with E-state index in [9.17, 15) is 0 Å². The average molecular weight is 133 g/mol. The van der Waals surface area contributed by atoms with Gasteiger partial charge in [0, 0.05) is 12.4 Å². The van der Waals surface area contributed by atoms with Crippen molar-refractivity contribution in [3.8, 4) is 0 Å². The number of anilines is 1. The van der Waals surface area contributed by atoms with Gasteiger partial charge in [-0.15, -0.1) is 0 Å². The fourth-order valence-electron chi connectivity index (χ4n) is 0.982. The minimum absolute atomic E-state index is 0.748. The van der Waals surface area contributed by atoms with Crippen molar-refractivity contribution in [3.63, 3.8) is 0 Å². The number of hydrogen-bond donors (Lipinski definition) is 1. The molecule has 0 aliphatic rings. The molecule has 0 fully saturated rings. The van der Waals surface area contributed by atoms with Gasteiger partial charge < -0.3 is 10.1 Å². The molecule has 3 nitrogen and oxygen atoms in total. The molecule has 0 spiro atoms. The Balaban J connectivity index is 2.93. The third-order valence-electron chi connectivity index (χ3n) is 1.49. The molecule has 0 aromatic carbocycles. The summed E-state index contributed by atoms with van der Waals surface area (Å²) in [6, 6.07) is 3.79. The van der Waals surface area contributed by atoms with Gasteiger partial charge in [-0.3, -0.25) is 4.98 Å². The maximum Gasteiger partial charge on any atom is 0.107 e.